The van der Waals surface area contributed by atoms with Gasteiger partial charge < -0.3 is 9.52 Å². The van der Waals surface area contributed by atoms with Crippen molar-refractivity contribution in [2.45, 2.75) is 6.42 Å². The predicted octanol–water partition coefficient (Wildman–Crippen LogP) is 2.88. The molecular weight excluding hydrogens is 240 g/mol. The van der Waals surface area contributed by atoms with Crippen molar-refractivity contribution in [1.82, 2.24) is 9.38 Å². The summed E-state index contributed by atoms with van der Waals surface area (Å²) in [4.78, 5) is 4.23. The summed E-state index contributed by atoms with van der Waals surface area (Å²) in [6.07, 6.45) is 2.09. The Morgan fingerprint density at radius 1 is 1.29 bits per heavy atom. The lowest BCUT2D eigenvalue weighted by Crippen LogP contribution is -1.95. The summed E-state index contributed by atoms with van der Waals surface area (Å²) in [6.45, 7) is 0. The Balaban J connectivity index is 2.16. The monoisotopic (exact) mass is 248 g/mol. The first-order chi connectivity index (χ1) is 8.25. The van der Waals surface area contributed by atoms with E-state index >= 15 is 0 Å². The fourth-order valence-electron chi connectivity index (χ4n) is 1.84. The molecule has 5 heteroatoms. The van der Waals surface area contributed by atoms with Crippen LogP contribution in [0, 0.1) is 0 Å². The first kappa shape index (κ1) is 10.2. The molecule has 1 N–H and O–H groups in total. The summed E-state index contributed by atoms with van der Waals surface area (Å²) in [6, 6.07) is 8.80. The smallest absolute Gasteiger partial charge is 0.197 e. The van der Waals surface area contributed by atoms with Gasteiger partial charge in [0.05, 0.1) is 18.2 Å². The predicted molar refractivity (Wildman–Crippen MR) is 63.4 cm³/mol. The Bertz CT molecular complexity index is 659. The highest BCUT2D eigenvalue weighted by Gasteiger charge is 2.13. The molecule has 3 aromatic heterocycles. The van der Waals surface area contributed by atoms with Crippen molar-refractivity contribution in [2.75, 3.05) is 0 Å². The van der Waals surface area contributed by atoms with Gasteiger partial charge in [0.1, 0.15) is 11.6 Å². The summed E-state index contributed by atoms with van der Waals surface area (Å²) in [5, 5.41) is 10.2. The van der Waals surface area contributed by atoms with Crippen LogP contribution in [0.25, 0.3) is 5.52 Å². The van der Waals surface area contributed by atoms with E-state index in [-0.39, 0.29) is 5.88 Å². The Morgan fingerprint density at radius 2 is 2.18 bits per heavy atom. The molecule has 0 fully saturated rings. The lowest BCUT2D eigenvalue weighted by Gasteiger charge is -2.01. The summed E-state index contributed by atoms with van der Waals surface area (Å²) >= 11 is 6.02. The zero-order valence-electron chi connectivity index (χ0n) is 8.80. The Kier molecular flexibility index (Phi) is 2.30. The number of imidazole rings is 1. The van der Waals surface area contributed by atoms with E-state index in [0.29, 0.717) is 22.9 Å². The minimum absolute atomic E-state index is 0.114. The van der Waals surface area contributed by atoms with E-state index in [1.165, 1.54) is 0 Å². The van der Waals surface area contributed by atoms with E-state index in [4.69, 9.17) is 16.0 Å². The highest BCUT2D eigenvalue weighted by atomic mass is 35.5. The zero-order chi connectivity index (χ0) is 11.8. The summed E-state index contributed by atoms with van der Waals surface area (Å²) in [5.74, 6) is 1.54. The van der Waals surface area contributed by atoms with Gasteiger partial charge in [-0.1, -0.05) is 17.7 Å². The van der Waals surface area contributed by atoms with Gasteiger partial charge in [-0.25, -0.2) is 4.98 Å². The number of hydrogen-bond acceptors (Lipinski definition) is 3. The number of pyridine rings is 1. The van der Waals surface area contributed by atoms with E-state index in [1.807, 2.05) is 12.1 Å². The molecule has 86 valence electrons. The van der Waals surface area contributed by atoms with Crippen molar-refractivity contribution in [2.24, 2.45) is 0 Å². The van der Waals surface area contributed by atoms with Crippen LogP contribution in [0.5, 0.6) is 5.88 Å². The van der Waals surface area contributed by atoms with Gasteiger partial charge in [0.25, 0.3) is 0 Å². The summed E-state index contributed by atoms with van der Waals surface area (Å²) in [5.41, 5.74) is 0.688. The fourth-order valence-corrected chi connectivity index (χ4v) is 2.08. The van der Waals surface area contributed by atoms with Crippen LogP contribution in [0.4, 0.5) is 0 Å². The fraction of sp³-hybridized carbons (Fsp3) is 0.0833. The number of hydrogen-bond donors (Lipinski definition) is 1. The third kappa shape index (κ3) is 1.66. The highest BCUT2D eigenvalue weighted by molar-refractivity contribution is 6.32. The number of aromatic nitrogens is 2. The standard InChI is InChI=1S/C12H9ClN2O2/c13-12-9-4-1-5-11(16)15(9)10(14-12)7-8-3-2-6-17-8/h1-6,16H,7H2. The number of nitrogens with zero attached hydrogens (tertiary/aromatic N) is 2. The highest BCUT2D eigenvalue weighted by Crippen LogP contribution is 2.24. The number of halogens is 1. The van der Waals surface area contributed by atoms with Crippen LogP contribution in [0.1, 0.15) is 11.6 Å². The number of rotatable bonds is 2. The first-order valence-corrected chi connectivity index (χ1v) is 5.50. The van der Waals surface area contributed by atoms with Gasteiger partial charge in [-0.2, -0.15) is 0 Å². The largest absolute Gasteiger partial charge is 0.494 e. The van der Waals surface area contributed by atoms with E-state index in [2.05, 4.69) is 4.98 Å². The van der Waals surface area contributed by atoms with E-state index < -0.39 is 0 Å². The molecule has 0 radical (unpaired) electrons. The van der Waals surface area contributed by atoms with Gasteiger partial charge in [0.15, 0.2) is 11.0 Å². The van der Waals surface area contributed by atoms with Crippen LogP contribution >= 0.6 is 11.6 Å². The minimum Gasteiger partial charge on any atom is -0.494 e. The zero-order valence-corrected chi connectivity index (χ0v) is 9.55. The molecule has 4 nitrogen and oxygen atoms in total. The van der Waals surface area contributed by atoms with Crippen molar-refractivity contribution < 1.29 is 9.52 Å². The van der Waals surface area contributed by atoms with Crippen LogP contribution in [0.3, 0.4) is 0 Å². The van der Waals surface area contributed by atoms with Gasteiger partial charge in [-0.05, 0) is 24.3 Å². The molecule has 0 saturated carbocycles. The average Bonchev–Trinajstić information content (AvgIpc) is 2.90. The maximum Gasteiger partial charge on any atom is 0.197 e. The Hall–Kier alpha value is -1.94. The first-order valence-electron chi connectivity index (χ1n) is 5.13. The molecule has 0 aromatic carbocycles. The minimum atomic E-state index is 0.114. The van der Waals surface area contributed by atoms with Crippen molar-refractivity contribution >= 4 is 17.1 Å². The maximum atomic E-state index is 9.83. The van der Waals surface area contributed by atoms with Crippen molar-refractivity contribution in [3.05, 3.63) is 53.3 Å². The molecule has 0 spiro atoms. The van der Waals surface area contributed by atoms with Gasteiger partial charge in [-0.3, -0.25) is 4.40 Å². The lowest BCUT2D eigenvalue weighted by molar-refractivity contribution is 0.441. The molecule has 0 unspecified atom stereocenters. The third-order valence-electron chi connectivity index (χ3n) is 2.58. The second kappa shape index (κ2) is 3.82. The third-order valence-corrected chi connectivity index (χ3v) is 2.86. The molecule has 0 saturated heterocycles. The Labute approximate surface area is 102 Å². The molecule has 3 heterocycles. The second-order valence-corrected chi connectivity index (χ2v) is 4.04. The van der Waals surface area contributed by atoms with Crippen LogP contribution in [0.2, 0.25) is 5.15 Å². The number of fused-ring (bicyclic) bond motifs is 1. The van der Waals surface area contributed by atoms with Gasteiger partial charge in [0.2, 0.25) is 0 Å². The van der Waals surface area contributed by atoms with Crippen LogP contribution in [-0.2, 0) is 6.42 Å². The summed E-state index contributed by atoms with van der Waals surface area (Å²) < 4.78 is 6.87. The molecular formula is C12H9ClN2O2. The van der Waals surface area contributed by atoms with Crippen LogP contribution in [0.15, 0.2) is 41.0 Å². The number of furan rings is 1. The van der Waals surface area contributed by atoms with Crippen molar-refractivity contribution in [1.29, 1.82) is 0 Å². The Morgan fingerprint density at radius 3 is 2.94 bits per heavy atom. The lowest BCUT2D eigenvalue weighted by atomic mass is 10.3. The second-order valence-electron chi connectivity index (χ2n) is 3.68. The molecule has 0 aliphatic rings. The van der Waals surface area contributed by atoms with Crippen LogP contribution in [-0.4, -0.2) is 14.5 Å². The molecule has 3 rings (SSSR count). The molecule has 0 amide bonds. The van der Waals surface area contributed by atoms with Crippen molar-refractivity contribution in [3.63, 3.8) is 0 Å². The van der Waals surface area contributed by atoms with Crippen molar-refractivity contribution in [3.8, 4) is 5.88 Å². The SMILES string of the molecule is Oc1cccc2c(Cl)nc(Cc3ccco3)n12. The van der Waals surface area contributed by atoms with E-state index in [0.717, 1.165) is 5.76 Å². The van der Waals surface area contributed by atoms with Gasteiger partial charge in [0, 0.05) is 0 Å². The molecule has 0 aliphatic heterocycles. The maximum absolute atomic E-state index is 9.83. The quantitative estimate of drug-likeness (QED) is 0.759. The molecule has 0 aliphatic carbocycles. The molecule has 17 heavy (non-hydrogen) atoms. The topological polar surface area (TPSA) is 50.7 Å². The molecule has 3 aromatic rings. The van der Waals surface area contributed by atoms with Crippen LogP contribution < -0.4 is 0 Å². The normalized spacial score (nSPS) is 11.1. The summed E-state index contributed by atoms with van der Waals surface area (Å²) in [7, 11) is 0. The average molecular weight is 249 g/mol. The van der Waals surface area contributed by atoms with E-state index in [1.54, 1.807) is 28.9 Å². The van der Waals surface area contributed by atoms with Gasteiger partial charge >= 0.3 is 0 Å². The van der Waals surface area contributed by atoms with Gasteiger partial charge in [-0.15, -0.1) is 0 Å². The number of aromatic hydroxyl groups is 1. The molecule has 0 bridgehead atoms. The van der Waals surface area contributed by atoms with E-state index in [9.17, 15) is 5.11 Å². The molecule has 0 atom stereocenters.